The van der Waals surface area contributed by atoms with Crippen molar-refractivity contribution in [2.75, 3.05) is 13.7 Å². The van der Waals surface area contributed by atoms with Crippen molar-refractivity contribution < 1.29 is 14.3 Å². The molecule has 3 atom stereocenters. The molecule has 2 N–H and O–H groups in total. The molecule has 0 aromatic heterocycles. The van der Waals surface area contributed by atoms with Gasteiger partial charge in [0.05, 0.1) is 19.3 Å². The maximum atomic E-state index is 11.5. The number of ether oxygens (including phenoxy) is 2. The molecule has 4 heteroatoms. The van der Waals surface area contributed by atoms with Crippen LogP contribution >= 0.6 is 0 Å². The van der Waals surface area contributed by atoms with Gasteiger partial charge in [0.25, 0.3) is 0 Å². The molecule has 1 fully saturated rings. The molecule has 2 aliphatic heterocycles. The van der Waals surface area contributed by atoms with E-state index < -0.39 is 5.41 Å². The van der Waals surface area contributed by atoms with Gasteiger partial charge in [-0.2, -0.15) is 0 Å². The highest BCUT2D eigenvalue weighted by Crippen LogP contribution is 2.43. The Morgan fingerprint density at radius 1 is 1.77 bits per heavy atom. The highest BCUT2D eigenvalue weighted by molar-refractivity contribution is 5.79. The third kappa shape index (κ3) is 1.02. The van der Waals surface area contributed by atoms with E-state index >= 15 is 0 Å². The van der Waals surface area contributed by atoms with Crippen LogP contribution < -0.4 is 5.73 Å². The maximum absolute atomic E-state index is 11.5. The van der Waals surface area contributed by atoms with E-state index in [0.717, 1.165) is 0 Å². The summed E-state index contributed by atoms with van der Waals surface area (Å²) in [6.45, 7) is 0.283. The Balaban J connectivity index is 2.27. The van der Waals surface area contributed by atoms with Crippen molar-refractivity contribution >= 4 is 5.97 Å². The van der Waals surface area contributed by atoms with Crippen molar-refractivity contribution in [3.63, 3.8) is 0 Å². The Morgan fingerprint density at radius 2 is 2.54 bits per heavy atom. The monoisotopic (exact) mass is 183 g/mol. The Bertz CT molecular complexity index is 264. The second kappa shape index (κ2) is 2.82. The van der Waals surface area contributed by atoms with Crippen LogP contribution in [-0.4, -0.2) is 31.8 Å². The molecule has 0 aromatic carbocycles. The van der Waals surface area contributed by atoms with E-state index in [1.165, 1.54) is 7.11 Å². The molecule has 2 rings (SSSR count). The minimum absolute atomic E-state index is 0.0487. The van der Waals surface area contributed by atoms with Crippen LogP contribution in [0.25, 0.3) is 0 Å². The van der Waals surface area contributed by atoms with Crippen molar-refractivity contribution in [1.82, 2.24) is 0 Å². The number of rotatable bonds is 2. The first-order chi connectivity index (χ1) is 6.23. The lowest BCUT2D eigenvalue weighted by Gasteiger charge is -2.28. The summed E-state index contributed by atoms with van der Waals surface area (Å²) in [5.41, 5.74) is 4.99. The number of carbonyl (C=O) groups is 1. The van der Waals surface area contributed by atoms with Gasteiger partial charge in [0.1, 0.15) is 5.41 Å². The molecule has 13 heavy (non-hydrogen) atoms. The number of nitrogens with two attached hydrogens (primary N) is 1. The molecule has 3 unspecified atom stereocenters. The van der Waals surface area contributed by atoms with Gasteiger partial charge in [-0.25, -0.2) is 0 Å². The minimum atomic E-state index is -0.631. The van der Waals surface area contributed by atoms with Crippen molar-refractivity contribution in [1.29, 1.82) is 0 Å². The molecular formula is C9H13NO3. The van der Waals surface area contributed by atoms with Crippen LogP contribution in [0.15, 0.2) is 12.2 Å². The van der Waals surface area contributed by atoms with Gasteiger partial charge in [-0.1, -0.05) is 12.2 Å². The van der Waals surface area contributed by atoms with E-state index in [4.69, 9.17) is 15.2 Å². The number of methoxy groups -OCH3 is 1. The van der Waals surface area contributed by atoms with E-state index in [1.54, 1.807) is 0 Å². The number of hydrogen-bond donors (Lipinski definition) is 1. The first kappa shape index (κ1) is 8.72. The molecule has 2 heterocycles. The van der Waals surface area contributed by atoms with Gasteiger partial charge >= 0.3 is 5.97 Å². The summed E-state index contributed by atoms with van der Waals surface area (Å²) in [6, 6.07) is 0. The van der Waals surface area contributed by atoms with E-state index in [0.29, 0.717) is 6.42 Å². The lowest BCUT2D eigenvalue weighted by atomic mass is 9.77. The first-order valence-corrected chi connectivity index (χ1v) is 4.35. The van der Waals surface area contributed by atoms with Gasteiger partial charge in [-0.05, 0) is 6.42 Å². The van der Waals surface area contributed by atoms with Crippen LogP contribution in [0.2, 0.25) is 0 Å². The van der Waals surface area contributed by atoms with Gasteiger partial charge in [0.15, 0.2) is 0 Å². The van der Waals surface area contributed by atoms with E-state index in [2.05, 4.69) is 0 Å². The highest BCUT2D eigenvalue weighted by Gasteiger charge is 2.54. The molecule has 0 saturated carbocycles. The molecule has 72 valence electrons. The van der Waals surface area contributed by atoms with Gasteiger partial charge in [0.2, 0.25) is 0 Å². The van der Waals surface area contributed by atoms with Crippen molar-refractivity contribution in [3.8, 4) is 0 Å². The van der Waals surface area contributed by atoms with Crippen LogP contribution in [0.4, 0.5) is 0 Å². The second-order valence-corrected chi connectivity index (χ2v) is 3.54. The molecular weight excluding hydrogens is 170 g/mol. The summed E-state index contributed by atoms with van der Waals surface area (Å²) in [5.74, 6) is -0.258. The average Bonchev–Trinajstić information content (AvgIpc) is 2.75. The number of esters is 1. The van der Waals surface area contributed by atoms with Crippen LogP contribution in [0, 0.1) is 5.41 Å². The molecule has 2 aliphatic rings. The van der Waals surface area contributed by atoms with Crippen molar-refractivity contribution in [2.24, 2.45) is 11.1 Å². The van der Waals surface area contributed by atoms with Crippen LogP contribution in [0.3, 0.4) is 0 Å². The lowest BCUT2D eigenvalue weighted by molar-refractivity contribution is -0.154. The zero-order valence-corrected chi connectivity index (χ0v) is 7.53. The number of hydrogen-bond acceptors (Lipinski definition) is 4. The molecule has 0 spiro atoms. The molecule has 0 radical (unpaired) electrons. The number of carbonyl (C=O) groups excluding carboxylic acids is 1. The zero-order valence-electron chi connectivity index (χ0n) is 7.53. The topological polar surface area (TPSA) is 61.5 Å². The summed E-state index contributed by atoms with van der Waals surface area (Å²) < 4.78 is 10.3. The average molecular weight is 183 g/mol. The summed E-state index contributed by atoms with van der Waals surface area (Å²) in [7, 11) is 1.38. The third-order valence-corrected chi connectivity index (χ3v) is 2.89. The smallest absolute Gasteiger partial charge is 0.316 e. The van der Waals surface area contributed by atoms with Gasteiger partial charge in [0, 0.05) is 6.54 Å². The minimum Gasteiger partial charge on any atom is -0.468 e. The Kier molecular flexibility index (Phi) is 1.89. The van der Waals surface area contributed by atoms with Crippen LogP contribution in [0.1, 0.15) is 6.42 Å². The molecule has 1 saturated heterocycles. The molecule has 4 nitrogen and oxygen atoms in total. The van der Waals surface area contributed by atoms with E-state index in [-0.39, 0.29) is 24.7 Å². The summed E-state index contributed by atoms with van der Waals surface area (Å²) >= 11 is 0. The van der Waals surface area contributed by atoms with Gasteiger partial charge in [-0.15, -0.1) is 0 Å². The largest absolute Gasteiger partial charge is 0.468 e. The fourth-order valence-corrected chi connectivity index (χ4v) is 2.10. The van der Waals surface area contributed by atoms with Crippen LogP contribution in [-0.2, 0) is 14.3 Å². The van der Waals surface area contributed by atoms with E-state index in [1.807, 2.05) is 12.2 Å². The quantitative estimate of drug-likeness (QED) is 0.477. The summed E-state index contributed by atoms with van der Waals surface area (Å²) in [4.78, 5) is 11.5. The Hall–Kier alpha value is -0.870. The second-order valence-electron chi connectivity index (χ2n) is 3.54. The maximum Gasteiger partial charge on any atom is 0.316 e. The SMILES string of the molecule is COC(=O)C1(CN)CC2C=CC1O2. The Morgan fingerprint density at radius 3 is 2.92 bits per heavy atom. The van der Waals surface area contributed by atoms with Crippen molar-refractivity contribution in [3.05, 3.63) is 12.2 Å². The fraction of sp³-hybridized carbons (Fsp3) is 0.667. The van der Waals surface area contributed by atoms with Gasteiger partial charge < -0.3 is 15.2 Å². The molecule has 0 aliphatic carbocycles. The predicted octanol–water partition coefficient (Wildman–Crippen LogP) is -0.168. The molecule has 0 aromatic rings. The molecule has 0 amide bonds. The third-order valence-electron chi connectivity index (χ3n) is 2.89. The highest BCUT2D eigenvalue weighted by atomic mass is 16.5. The Labute approximate surface area is 76.7 Å². The first-order valence-electron chi connectivity index (χ1n) is 4.35. The standard InChI is InChI=1S/C9H13NO3/c1-12-8(11)9(5-10)4-6-2-3-7(9)13-6/h2-3,6-7H,4-5,10H2,1H3. The summed E-state index contributed by atoms with van der Waals surface area (Å²) in [5, 5.41) is 0. The predicted molar refractivity (Wildman–Crippen MR) is 45.9 cm³/mol. The van der Waals surface area contributed by atoms with E-state index in [9.17, 15) is 4.79 Å². The lowest BCUT2D eigenvalue weighted by Crippen LogP contribution is -2.45. The zero-order chi connectivity index (χ0) is 9.47. The summed E-state index contributed by atoms with van der Waals surface area (Å²) in [6.07, 6.45) is 4.39. The van der Waals surface area contributed by atoms with Gasteiger partial charge in [-0.3, -0.25) is 4.79 Å². The molecule has 2 bridgehead atoms. The van der Waals surface area contributed by atoms with Crippen molar-refractivity contribution in [2.45, 2.75) is 18.6 Å². The van der Waals surface area contributed by atoms with Crippen LogP contribution in [0.5, 0.6) is 0 Å². The number of fused-ring (bicyclic) bond motifs is 2. The fourth-order valence-electron chi connectivity index (χ4n) is 2.10. The normalized spacial score (nSPS) is 41.1.